The van der Waals surface area contributed by atoms with Gasteiger partial charge < -0.3 is 9.80 Å². The van der Waals surface area contributed by atoms with Gasteiger partial charge in [-0.3, -0.25) is 9.59 Å². The van der Waals surface area contributed by atoms with E-state index in [2.05, 4.69) is 4.90 Å². The summed E-state index contributed by atoms with van der Waals surface area (Å²) < 4.78 is 0. The first-order valence-electron chi connectivity index (χ1n) is 9.14. The minimum Gasteiger partial charge on any atom is -0.364 e. The lowest BCUT2D eigenvalue weighted by Gasteiger charge is -2.34. The molecule has 0 bridgehead atoms. The Morgan fingerprint density at radius 2 is 1.41 bits per heavy atom. The number of likely N-dealkylation sites (N-methyl/N-ethyl adjacent to an activating group) is 1. The molecule has 0 aliphatic carbocycles. The maximum Gasteiger partial charge on any atom is 0.282 e. The fourth-order valence-corrected chi connectivity index (χ4v) is 4.09. The first-order chi connectivity index (χ1) is 13.9. The Kier molecular flexibility index (Phi) is 5.58. The SMILES string of the molecule is CN1CCN(C2=C(c3ccc(Cl)cc3)C(=O)N(c3cc(Cl)ccc3Cl)C2=O)CC1. The molecule has 0 spiro atoms. The Morgan fingerprint density at radius 3 is 2.07 bits per heavy atom. The Hall–Kier alpha value is -2.05. The van der Waals surface area contributed by atoms with Crippen LogP contribution in [-0.4, -0.2) is 54.8 Å². The van der Waals surface area contributed by atoms with Crippen LogP contribution in [0.15, 0.2) is 48.2 Å². The number of benzene rings is 2. The summed E-state index contributed by atoms with van der Waals surface area (Å²) in [5.74, 6) is -0.816. The van der Waals surface area contributed by atoms with Crippen LogP contribution < -0.4 is 4.90 Å². The monoisotopic (exact) mass is 449 g/mol. The molecular weight excluding hydrogens is 433 g/mol. The molecule has 0 atom stereocenters. The van der Waals surface area contributed by atoms with Gasteiger partial charge in [0.15, 0.2) is 0 Å². The average molecular weight is 451 g/mol. The molecule has 29 heavy (non-hydrogen) atoms. The van der Waals surface area contributed by atoms with E-state index < -0.39 is 11.8 Å². The van der Waals surface area contributed by atoms with Crippen molar-refractivity contribution in [1.29, 1.82) is 0 Å². The number of nitrogens with zero attached hydrogens (tertiary/aromatic N) is 3. The summed E-state index contributed by atoms with van der Waals surface area (Å²) in [5.41, 5.74) is 1.67. The van der Waals surface area contributed by atoms with Crippen LogP contribution in [0.25, 0.3) is 5.57 Å². The molecular formula is C21H18Cl3N3O2. The summed E-state index contributed by atoms with van der Waals surface area (Å²) in [6.07, 6.45) is 0. The van der Waals surface area contributed by atoms with Gasteiger partial charge in [-0.15, -0.1) is 0 Å². The lowest BCUT2D eigenvalue weighted by atomic mass is 10.0. The van der Waals surface area contributed by atoms with E-state index in [1.54, 1.807) is 36.4 Å². The largest absolute Gasteiger partial charge is 0.364 e. The Bertz CT molecular complexity index is 1010. The second-order valence-electron chi connectivity index (χ2n) is 7.06. The predicted octanol–water partition coefficient (Wildman–Crippen LogP) is 4.18. The van der Waals surface area contributed by atoms with E-state index in [1.165, 1.54) is 6.07 Å². The van der Waals surface area contributed by atoms with Crippen LogP contribution in [0, 0.1) is 0 Å². The molecule has 0 unspecified atom stereocenters. The van der Waals surface area contributed by atoms with Crippen LogP contribution in [0.1, 0.15) is 5.56 Å². The molecule has 8 heteroatoms. The van der Waals surface area contributed by atoms with Gasteiger partial charge in [-0.2, -0.15) is 0 Å². The van der Waals surface area contributed by atoms with Gasteiger partial charge in [-0.05, 0) is 42.9 Å². The van der Waals surface area contributed by atoms with Crippen LogP contribution in [0.5, 0.6) is 0 Å². The van der Waals surface area contributed by atoms with Crippen molar-refractivity contribution in [2.75, 3.05) is 38.1 Å². The van der Waals surface area contributed by atoms with Crippen LogP contribution in [-0.2, 0) is 9.59 Å². The average Bonchev–Trinajstić information content (AvgIpc) is 2.95. The summed E-state index contributed by atoms with van der Waals surface area (Å²) >= 11 is 18.4. The number of imide groups is 1. The van der Waals surface area contributed by atoms with Crippen LogP contribution in [0.3, 0.4) is 0 Å². The molecule has 4 rings (SSSR count). The molecule has 1 saturated heterocycles. The molecule has 2 aromatic rings. The predicted molar refractivity (Wildman–Crippen MR) is 116 cm³/mol. The van der Waals surface area contributed by atoms with Crippen molar-refractivity contribution in [2.45, 2.75) is 0 Å². The molecule has 0 radical (unpaired) electrons. The van der Waals surface area contributed by atoms with E-state index >= 15 is 0 Å². The van der Waals surface area contributed by atoms with Crippen molar-refractivity contribution in [1.82, 2.24) is 9.80 Å². The Morgan fingerprint density at radius 1 is 0.793 bits per heavy atom. The molecule has 0 aromatic heterocycles. The van der Waals surface area contributed by atoms with Crippen molar-refractivity contribution >= 4 is 57.9 Å². The van der Waals surface area contributed by atoms with Crippen molar-refractivity contribution in [3.8, 4) is 0 Å². The van der Waals surface area contributed by atoms with Crippen LogP contribution in [0.4, 0.5) is 5.69 Å². The Labute approximate surface area is 184 Å². The normalized spacial score (nSPS) is 18.2. The number of amides is 2. The lowest BCUT2D eigenvalue weighted by molar-refractivity contribution is -0.120. The van der Waals surface area contributed by atoms with Gasteiger partial charge >= 0.3 is 0 Å². The van der Waals surface area contributed by atoms with Crippen LogP contribution in [0.2, 0.25) is 15.1 Å². The molecule has 0 N–H and O–H groups in total. The standard InChI is InChI=1S/C21H18Cl3N3O2/c1-25-8-10-26(11-9-25)19-18(13-2-4-14(22)5-3-13)20(28)27(21(19)29)17-12-15(23)6-7-16(17)24/h2-7,12H,8-11H2,1H3. The zero-order valence-electron chi connectivity index (χ0n) is 15.7. The van der Waals surface area contributed by atoms with Crippen molar-refractivity contribution in [3.63, 3.8) is 0 Å². The summed E-state index contributed by atoms with van der Waals surface area (Å²) in [6, 6.07) is 11.6. The highest BCUT2D eigenvalue weighted by Gasteiger charge is 2.43. The fraction of sp³-hybridized carbons (Fsp3) is 0.238. The summed E-state index contributed by atoms with van der Waals surface area (Å²) in [6.45, 7) is 2.91. The molecule has 0 saturated carbocycles. The van der Waals surface area contributed by atoms with Gasteiger partial charge in [-0.1, -0.05) is 46.9 Å². The van der Waals surface area contributed by atoms with Crippen LogP contribution >= 0.6 is 34.8 Å². The molecule has 1 fully saturated rings. The molecule has 2 amide bonds. The minimum absolute atomic E-state index is 0.282. The first kappa shape index (κ1) is 20.2. The molecule has 2 aromatic carbocycles. The highest BCUT2D eigenvalue weighted by molar-refractivity contribution is 6.47. The summed E-state index contributed by atoms with van der Waals surface area (Å²) in [7, 11) is 2.03. The number of carbonyl (C=O) groups excluding carboxylic acids is 2. The lowest BCUT2D eigenvalue weighted by Crippen LogP contribution is -2.46. The van der Waals surface area contributed by atoms with Gasteiger partial charge in [-0.25, -0.2) is 4.90 Å². The highest BCUT2D eigenvalue weighted by Crippen LogP contribution is 2.39. The quantitative estimate of drug-likeness (QED) is 0.658. The number of anilines is 1. The third kappa shape index (κ3) is 3.76. The van der Waals surface area contributed by atoms with E-state index in [9.17, 15) is 9.59 Å². The highest BCUT2D eigenvalue weighted by atomic mass is 35.5. The molecule has 5 nitrogen and oxygen atoms in total. The van der Waals surface area contributed by atoms with Gasteiger partial charge in [0.05, 0.1) is 16.3 Å². The van der Waals surface area contributed by atoms with E-state index in [1.807, 2.05) is 11.9 Å². The van der Waals surface area contributed by atoms with Gasteiger partial charge in [0.25, 0.3) is 11.8 Å². The number of hydrogen-bond donors (Lipinski definition) is 0. The van der Waals surface area contributed by atoms with E-state index in [-0.39, 0.29) is 10.7 Å². The second kappa shape index (κ2) is 8.00. The van der Waals surface area contributed by atoms with Gasteiger partial charge in [0.1, 0.15) is 5.70 Å². The number of carbonyl (C=O) groups is 2. The summed E-state index contributed by atoms with van der Waals surface area (Å²) in [5, 5.41) is 1.24. The second-order valence-corrected chi connectivity index (χ2v) is 8.34. The van der Waals surface area contributed by atoms with Crippen molar-refractivity contribution < 1.29 is 9.59 Å². The maximum absolute atomic E-state index is 13.5. The summed E-state index contributed by atoms with van der Waals surface area (Å²) in [4.78, 5) is 32.2. The van der Waals surface area contributed by atoms with E-state index in [0.29, 0.717) is 40.0 Å². The molecule has 2 aliphatic rings. The van der Waals surface area contributed by atoms with E-state index in [4.69, 9.17) is 34.8 Å². The van der Waals surface area contributed by atoms with Crippen molar-refractivity contribution in [2.24, 2.45) is 0 Å². The van der Waals surface area contributed by atoms with E-state index in [0.717, 1.165) is 18.0 Å². The smallest absolute Gasteiger partial charge is 0.282 e. The number of halogens is 3. The van der Waals surface area contributed by atoms with Gasteiger partial charge in [0.2, 0.25) is 0 Å². The van der Waals surface area contributed by atoms with Crippen molar-refractivity contribution in [3.05, 3.63) is 68.8 Å². The number of piperazine rings is 1. The molecule has 2 heterocycles. The fourth-order valence-electron chi connectivity index (χ4n) is 3.59. The number of hydrogen-bond acceptors (Lipinski definition) is 4. The zero-order chi connectivity index (χ0) is 20.7. The number of rotatable bonds is 3. The first-order valence-corrected chi connectivity index (χ1v) is 10.3. The Balaban J connectivity index is 1.83. The minimum atomic E-state index is -0.421. The molecule has 2 aliphatic heterocycles. The molecule has 150 valence electrons. The third-order valence-electron chi connectivity index (χ3n) is 5.16. The van der Waals surface area contributed by atoms with Gasteiger partial charge in [0, 0.05) is 36.2 Å². The third-order valence-corrected chi connectivity index (χ3v) is 5.97. The zero-order valence-corrected chi connectivity index (χ0v) is 17.9. The topological polar surface area (TPSA) is 43.9 Å². The maximum atomic E-state index is 13.5.